The molecule has 3 heterocycles. The van der Waals surface area contributed by atoms with Crippen molar-refractivity contribution < 1.29 is 0 Å². The van der Waals surface area contributed by atoms with Gasteiger partial charge in [-0.1, -0.05) is 6.07 Å². The van der Waals surface area contributed by atoms with Gasteiger partial charge >= 0.3 is 0 Å². The molecule has 19 heavy (non-hydrogen) atoms. The monoisotopic (exact) mass is 255 g/mol. The molecule has 0 atom stereocenters. The van der Waals surface area contributed by atoms with Gasteiger partial charge in [-0.05, 0) is 26.0 Å². The minimum Gasteiger partial charge on any atom is -0.325 e. The lowest BCUT2D eigenvalue weighted by atomic mass is 10.0. The van der Waals surface area contributed by atoms with E-state index >= 15 is 0 Å². The Kier molecular flexibility index (Phi) is 3.13. The Bertz CT molecular complexity index is 592. The molecule has 0 radical (unpaired) electrons. The molecule has 1 aliphatic rings. The predicted molar refractivity (Wildman–Crippen MR) is 74.6 cm³/mol. The lowest BCUT2D eigenvalue weighted by Crippen LogP contribution is -2.41. The number of anilines is 2. The lowest BCUT2D eigenvalue weighted by molar-refractivity contribution is 0.429. The number of nitrogens with zero attached hydrogens (tertiary/aromatic N) is 3. The number of rotatable bonds is 3. The number of nitrogens with one attached hydrogen (secondary N) is 2. The molecule has 0 amide bonds. The van der Waals surface area contributed by atoms with E-state index in [1.807, 2.05) is 38.1 Å². The quantitative estimate of drug-likeness (QED) is 0.877. The first kappa shape index (κ1) is 12.0. The van der Waals surface area contributed by atoms with Crippen molar-refractivity contribution in [2.75, 3.05) is 18.4 Å². The number of aromatic nitrogens is 3. The van der Waals surface area contributed by atoms with Crippen LogP contribution >= 0.6 is 0 Å². The van der Waals surface area contributed by atoms with Crippen LogP contribution < -0.4 is 10.6 Å². The number of hydrogen-bond donors (Lipinski definition) is 2. The summed E-state index contributed by atoms with van der Waals surface area (Å²) in [5.41, 5.74) is 1.96. The number of aryl methyl sites for hydroxylation is 2. The molecule has 5 nitrogen and oxygen atoms in total. The van der Waals surface area contributed by atoms with Crippen molar-refractivity contribution in [3.63, 3.8) is 0 Å². The highest BCUT2D eigenvalue weighted by molar-refractivity contribution is 5.52. The van der Waals surface area contributed by atoms with Crippen molar-refractivity contribution in [3.05, 3.63) is 41.5 Å². The molecule has 0 aromatic carbocycles. The normalized spacial score (nSPS) is 15.1. The first-order valence-corrected chi connectivity index (χ1v) is 6.48. The van der Waals surface area contributed by atoms with Crippen LogP contribution in [0.15, 0.2) is 24.3 Å². The summed E-state index contributed by atoms with van der Waals surface area (Å²) < 4.78 is 0. The van der Waals surface area contributed by atoms with Crippen molar-refractivity contribution >= 4 is 11.6 Å². The maximum Gasteiger partial charge on any atom is 0.136 e. The third-order valence-corrected chi connectivity index (χ3v) is 3.16. The molecule has 2 aromatic heterocycles. The summed E-state index contributed by atoms with van der Waals surface area (Å²) in [6.07, 6.45) is 0. The fourth-order valence-corrected chi connectivity index (χ4v) is 2.05. The summed E-state index contributed by atoms with van der Waals surface area (Å²) in [5.74, 6) is 2.98. The summed E-state index contributed by atoms with van der Waals surface area (Å²) in [6.45, 7) is 5.89. The summed E-state index contributed by atoms with van der Waals surface area (Å²) in [5, 5.41) is 6.49. The molecule has 5 heteroatoms. The average Bonchev–Trinajstić information content (AvgIpc) is 2.25. The van der Waals surface area contributed by atoms with E-state index in [1.54, 1.807) is 0 Å². The van der Waals surface area contributed by atoms with Crippen molar-refractivity contribution in [2.24, 2.45) is 0 Å². The zero-order valence-corrected chi connectivity index (χ0v) is 11.1. The average molecular weight is 255 g/mol. The molecule has 0 aliphatic carbocycles. The van der Waals surface area contributed by atoms with Gasteiger partial charge in [0.15, 0.2) is 0 Å². The molecule has 3 rings (SSSR count). The Labute approximate surface area is 112 Å². The van der Waals surface area contributed by atoms with Gasteiger partial charge in [0.2, 0.25) is 0 Å². The Morgan fingerprint density at radius 1 is 1.05 bits per heavy atom. The summed E-state index contributed by atoms with van der Waals surface area (Å²) in [6, 6.07) is 7.84. The van der Waals surface area contributed by atoms with Crippen LogP contribution in [0, 0.1) is 13.8 Å². The molecule has 0 spiro atoms. The summed E-state index contributed by atoms with van der Waals surface area (Å²) in [7, 11) is 0. The minimum absolute atomic E-state index is 0.436. The van der Waals surface area contributed by atoms with E-state index in [2.05, 4.69) is 25.6 Å². The maximum atomic E-state index is 4.58. The zero-order chi connectivity index (χ0) is 13.2. The molecular formula is C14H17N5. The maximum absolute atomic E-state index is 4.58. The Balaban J connectivity index is 1.85. The number of hydrogen-bond acceptors (Lipinski definition) is 5. The molecule has 1 fully saturated rings. The SMILES string of the molecule is Cc1cccc(Nc2cc(C)nc(C3CNC3)n2)n1. The van der Waals surface area contributed by atoms with E-state index in [1.165, 1.54) is 0 Å². The largest absolute Gasteiger partial charge is 0.325 e. The van der Waals surface area contributed by atoms with Crippen LogP contribution in [0.2, 0.25) is 0 Å². The molecule has 1 aliphatic heterocycles. The van der Waals surface area contributed by atoms with Crippen LogP contribution in [-0.4, -0.2) is 28.0 Å². The van der Waals surface area contributed by atoms with Crippen molar-refractivity contribution in [1.29, 1.82) is 0 Å². The zero-order valence-electron chi connectivity index (χ0n) is 11.1. The standard InChI is InChI=1S/C14H17N5/c1-9-4-3-5-12(16-9)18-13-6-10(2)17-14(19-13)11-7-15-8-11/h3-6,11,15H,7-8H2,1-2H3,(H,16,17,18,19). The molecular weight excluding hydrogens is 238 g/mol. The Morgan fingerprint density at radius 3 is 2.58 bits per heavy atom. The van der Waals surface area contributed by atoms with Gasteiger partial charge in [0.05, 0.1) is 0 Å². The van der Waals surface area contributed by atoms with Gasteiger partial charge in [0, 0.05) is 36.5 Å². The van der Waals surface area contributed by atoms with Crippen LogP contribution in [0.3, 0.4) is 0 Å². The molecule has 0 saturated carbocycles. The van der Waals surface area contributed by atoms with Crippen molar-refractivity contribution in [2.45, 2.75) is 19.8 Å². The smallest absolute Gasteiger partial charge is 0.136 e. The van der Waals surface area contributed by atoms with Crippen LogP contribution in [0.4, 0.5) is 11.6 Å². The summed E-state index contributed by atoms with van der Waals surface area (Å²) in [4.78, 5) is 13.5. The van der Waals surface area contributed by atoms with E-state index in [4.69, 9.17) is 0 Å². The van der Waals surface area contributed by atoms with Gasteiger partial charge < -0.3 is 10.6 Å². The van der Waals surface area contributed by atoms with Crippen molar-refractivity contribution in [3.8, 4) is 0 Å². The topological polar surface area (TPSA) is 62.7 Å². The molecule has 2 aromatic rings. The molecule has 0 bridgehead atoms. The van der Waals surface area contributed by atoms with Crippen LogP contribution in [0.1, 0.15) is 23.1 Å². The first-order chi connectivity index (χ1) is 9.20. The fraction of sp³-hybridized carbons (Fsp3) is 0.357. The fourth-order valence-electron chi connectivity index (χ4n) is 2.05. The Hall–Kier alpha value is -2.01. The van der Waals surface area contributed by atoms with Gasteiger partial charge in [-0.25, -0.2) is 15.0 Å². The van der Waals surface area contributed by atoms with Crippen molar-refractivity contribution in [1.82, 2.24) is 20.3 Å². The van der Waals surface area contributed by atoms with Gasteiger partial charge in [-0.2, -0.15) is 0 Å². The Morgan fingerprint density at radius 2 is 1.89 bits per heavy atom. The van der Waals surface area contributed by atoms with Crippen LogP contribution in [-0.2, 0) is 0 Å². The molecule has 1 saturated heterocycles. The molecule has 0 unspecified atom stereocenters. The predicted octanol–water partition coefficient (Wildman–Crippen LogP) is 1.92. The third kappa shape index (κ3) is 2.71. The van der Waals surface area contributed by atoms with E-state index in [0.717, 1.165) is 41.9 Å². The van der Waals surface area contributed by atoms with Gasteiger partial charge in [0.1, 0.15) is 17.5 Å². The first-order valence-electron chi connectivity index (χ1n) is 6.48. The third-order valence-electron chi connectivity index (χ3n) is 3.16. The second-order valence-electron chi connectivity index (χ2n) is 4.90. The second kappa shape index (κ2) is 4.93. The van der Waals surface area contributed by atoms with E-state index in [0.29, 0.717) is 5.92 Å². The highest BCUT2D eigenvalue weighted by Crippen LogP contribution is 2.20. The van der Waals surface area contributed by atoms with Crippen LogP contribution in [0.25, 0.3) is 0 Å². The molecule has 2 N–H and O–H groups in total. The van der Waals surface area contributed by atoms with E-state index in [-0.39, 0.29) is 0 Å². The highest BCUT2D eigenvalue weighted by Gasteiger charge is 2.22. The molecule has 98 valence electrons. The lowest BCUT2D eigenvalue weighted by Gasteiger charge is -2.26. The number of pyridine rings is 1. The van der Waals surface area contributed by atoms with Gasteiger partial charge in [-0.3, -0.25) is 0 Å². The van der Waals surface area contributed by atoms with E-state index in [9.17, 15) is 0 Å². The van der Waals surface area contributed by atoms with Gasteiger partial charge in [0.25, 0.3) is 0 Å². The van der Waals surface area contributed by atoms with Gasteiger partial charge in [-0.15, -0.1) is 0 Å². The van der Waals surface area contributed by atoms with E-state index < -0.39 is 0 Å². The minimum atomic E-state index is 0.436. The summed E-state index contributed by atoms with van der Waals surface area (Å²) >= 11 is 0. The second-order valence-corrected chi connectivity index (χ2v) is 4.90. The van der Waals surface area contributed by atoms with Crippen LogP contribution in [0.5, 0.6) is 0 Å². The highest BCUT2D eigenvalue weighted by atomic mass is 15.1.